The highest BCUT2D eigenvalue weighted by molar-refractivity contribution is 6.83. The van der Waals surface area contributed by atoms with E-state index >= 15 is 0 Å². The van der Waals surface area contributed by atoms with Crippen LogP contribution in [0.5, 0.6) is 0 Å². The minimum Gasteiger partial charge on any atom is -0.132 e. The summed E-state index contributed by atoms with van der Waals surface area (Å²) in [5.41, 5.74) is 4.67. The number of unbranched alkanes of at least 4 members (excludes halogenated alkanes) is 2. The summed E-state index contributed by atoms with van der Waals surface area (Å²) < 4.78 is 0. The fourth-order valence-corrected chi connectivity index (χ4v) is 2.07. The smallest absolute Gasteiger partial charge is 0.129 e. The predicted molar refractivity (Wildman–Crippen MR) is 80.4 cm³/mol. The maximum absolute atomic E-state index is 3.40. The fraction of sp³-hybridized carbons (Fsp3) is 0.375. The number of allylic oxidation sites excluding steroid dienone is 1. The highest BCUT2D eigenvalue weighted by Crippen LogP contribution is 2.04. The van der Waals surface area contributed by atoms with Crippen molar-refractivity contribution in [3.63, 3.8) is 0 Å². The minimum atomic E-state index is -1.16. The molecule has 0 aromatic heterocycles. The molecule has 0 spiro atoms. The zero-order valence-electron chi connectivity index (χ0n) is 11.2. The van der Waals surface area contributed by atoms with Gasteiger partial charge >= 0.3 is 0 Å². The zero-order chi connectivity index (χ0) is 12.6. The average Bonchev–Trinajstić information content (AvgIpc) is 2.28. The Labute approximate surface area is 107 Å². The SMILES string of the molecule is C[Si](C)(C)C#CCCC/C=C/c1ccccc1. The van der Waals surface area contributed by atoms with Crippen LogP contribution in [0.3, 0.4) is 0 Å². The molecule has 1 rings (SSSR count). The van der Waals surface area contributed by atoms with E-state index in [2.05, 4.69) is 67.5 Å². The van der Waals surface area contributed by atoms with Crippen molar-refractivity contribution >= 4 is 14.1 Å². The van der Waals surface area contributed by atoms with E-state index in [1.807, 2.05) is 6.07 Å². The topological polar surface area (TPSA) is 0 Å². The number of benzene rings is 1. The van der Waals surface area contributed by atoms with Crippen LogP contribution in [0.2, 0.25) is 19.6 Å². The van der Waals surface area contributed by atoms with Crippen LogP contribution < -0.4 is 0 Å². The Bertz CT molecular complexity index is 399. The highest BCUT2D eigenvalue weighted by atomic mass is 28.3. The summed E-state index contributed by atoms with van der Waals surface area (Å²) in [6.45, 7) is 6.86. The fourth-order valence-electron chi connectivity index (χ4n) is 1.42. The second-order valence-corrected chi connectivity index (χ2v) is 10.0. The van der Waals surface area contributed by atoms with E-state index in [0.717, 1.165) is 12.8 Å². The Morgan fingerprint density at radius 1 is 1.12 bits per heavy atom. The van der Waals surface area contributed by atoms with Gasteiger partial charge in [-0.05, 0) is 18.4 Å². The first-order valence-electron chi connectivity index (χ1n) is 6.29. The Kier molecular flexibility index (Phi) is 5.80. The molecule has 1 heteroatoms. The third-order valence-corrected chi connectivity index (χ3v) is 3.17. The minimum absolute atomic E-state index is 1.03. The Hall–Kier alpha value is -1.26. The van der Waals surface area contributed by atoms with Crippen molar-refractivity contribution in [3.8, 4) is 11.5 Å². The summed E-state index contributed by atoms with van der Waals surface area (Å²) in [5.74, 6) is 3.30. The van der Waals surface area contributed by atoms with Gasteiger partial charge in [0.05, 0.1) is 0 Å². The molecule has 0 N–H and O–H groups in total. The molecular formula is C16H22Si. The van der Waals surface area contributed by atoms with Gasteiger partial charge < -0.3 is 0 Å². The van der Waals surface area contributed by atoms with E-state index in [9.17, 15) is 0 Å². The molecule has 90 valence electrons. The molecule has 0 bridgehead atoms. The first-order valence-corrected chi connectivity index (χ1v) is 9.79. The molecule has 0 heterocycles. The van der Waals surface area contributed by atoms with Gasteiger partial charge in [0.15, 0.2) is 0 Å². The number of rotatable bonds is 4. The molecule has 17 heavy (non-hydrogen) atoms. The van der Waals surface area contributed by atoms with Crippen molar-refractivity contribution in [2.75, 3.05) is 0 Å². The molecular weight excluding hydrogens is 220 g/mol. The molecule has 0 radical (unpaired) electrons. The van der Waals surface area contributed by atoms with Gasteiger partial charge in [-0.3, -0.25) is 0 Å². The Morgan fingerprint density at radius 2 is 1.82 bits per heavy atom. The summed E-state index contributed by atoms with van der Waals surface area (Å²) in [6.07, 6.45) is 7.75. The third-order valence-electron chi connectivity index (χ3n) is 2.25. The van der Waals surface area contributed by atoms with Gasteiger partial charge in [-0.1, -0.05) is 62.1 Å². The van der Waals surface area contributed by atoms with Gasteiger partial charge in [-0.2, -0.15) is 0 Å². The summed E-state index contributed by atoms with van der Waals surface area (Å²) in [7, 11) is -1.16. The number of hydrogen-bond donors (Lipinski definition) is 0. The molecule has 0 amide bonds. The van der Waals surface area contributed by atoms with E-state index in [1.54, 1.807) is 0 Å². The van der Waals surface area contributed by atoms with Gasteiger partial charge in [-0.15, -0.1) is 11.5 Å². The van der Waals surface area contributed by atoms with E-state index in [1.165, 1.54) is 12.0 Å². The number of hydrogen-bond acceptors (Lipinski definition) is 0. The molecule has 0 aliphatic rings. The lowest BCUT2D eigenvalue weighted by Gasteiger charge is -2.02. The van der Waals surface area contributed by atoms with Crippen LogP contribution in [0, 0.1) is 11.5 Å². The Morgan fingerprint density at radius 3 is 2.47 bits per heavy atom. The lowest BCUT2D eigenvalue weighted by atomic mass is 10.2. The van der Waals surface area contributed by atoms with Crippen LogP contribution in [0.15, 0.2) is 36.4 Å². The van der Waals surface area contributed by atoms with Crippen LogP contribution in [-0.2, 0) is 0 Å². The van der Waals surface area contributed by atoms with E-state index in [4.69, 9.17) is 0 Å². The van der Waals surface area contributed by atoms with Crippen molar-refractivity contribution in [3.05, 3.63) is 42.0 Å². The molecule has 0 aliphatic carbocycles. The third kappa shape index (κ3) is 7.60. The van der Waals surface area contributed by atoms with E-state index in [-0.39, 0.29) is 0 Å². The quantitative estimate of drug-likeness (QED) is 0.406. The lowest BCUT2D eigenvalue weighted by Crippen LogP contribution is -2.16. The monoisotopic (exact) mass is 242 g/mol. The van der Waals surface area contributed by atoms with Gasteiger partial charge in [0.1, 0.15) is 8.07 Å². The van der Waals surface area contributed by atoms with Crippen LogP contribution in [0.1, 0.15) is 24.8 Å². The molecule has 0 fully saturated rings. The van der Waals surface area contributed by atoms with Crippen molar-refractivity contribution in [2.24, 2.45) is 0 Å². The van der Waals surface area contributed by atoms with Crippen LogP contribution in [0.25, 0.3) is 6.08 Å². The molecule has 0 atom stereocenters. The molecule has 0 unspecified atom stereocenters. The second-order valence-electron chi connectivity index (χ2n) is 5.26. The van der Waals surface area contributed by atoms with Gasteiger partial charge in [0, 0.05) is 6.42 Å². The molecule has 1 aromatic rings. The lowest BCUT2D eigenvalue weighted by molar-refractivity contribution is 0.888. The first kappa shape index (κ1) is 13.8. The van der Waals surface area contributed by atoms with Gasteiger partial charge in [0.25, 0.3) is 0 Å². The predicted octanol–water partition coefficient (Wildman–Crippen LogP) is 4.75. The molecule has 1 aromatic carbocycles. The normalized spacial score (nSPS) is 11.2. The first-order chi connectivity index (χ1) is 8.08. The second kappa shape index (κ2) is 7.14. The zero-order valence-corrected chi connectivity index (χ0v) is 12.2. The molecule has 0 aliphatic heterocycles. The van der Waals surface area contributed by atoms with Crippen LogP contribution >= 0.6 is 0 Å². The van der Waals surface area contributed by atoms with Crippen LogP contribution in [0.4, 0.5) is 0 Å². The summed E-state index contributed by atoms with van der Waals surface area (Å²) in [5, 5.41) is 0. The summed E-state index contributed by atoms with van der Waals surface area (Å²) in [4.78, 5) is 0. The van der Waals surface area contributed by atoms with Crippen molar-refractivity contribution in [2.45, 2.75) is 38.9 Å². The summed E-state index contributed by atoms with van der Waals surface area (Å²) in [6, 6.07) is 10.4. The maximum Gasteiger partial charge on any atom is 0.129 e. The van der Waals surface area contributed by atoms with Crippen molar-refractivity contribution < 1.29 is 0 Å². The molecule has 0 saturated carbocycles. The average molecular weight is 242 g/mol. The van der Waals surface area contributed by atoms with Crippen molar-refractivity contribution in [1.82, 2.24) is 0 Å². The Balaban J connectivity index is 2.20. The molecule has 0 nitrogen and oxygen atoms in total. The van der Waals surface area contributed by atoms with Gasteiger partial charge in [-0.25, -0.2) is 0 Å². The van der Waals surface area contributed by atoms with E-state index in [0.29, 0.717) is 0 Å². The largest absolute Gasteiger partial charge is 0.132 e. The van der Waals surface area contributed by atoms with Crippen molar-refractivity contribution in [1.29, 1.82) is 0 Å². The van der Waals surface area contributed by atoms with Gasteiger partial charge in [0.2, 0.25) is 0 Å². The standard InChI is InChI=1S/C16H22Si/c1-17(2,3)15-11-6-4-5-8-12-16-13-9-7-10-14-16/h7-10,12-14H,4-6H2,1-3H3/b12-8+. The maximum atomic E-state index is 3.40. The molecule has 0 saturated heterocycles. The van der Waals surface area contributed by atoms with E-state index < -0.39 is 8.07 Å². The van der Waals surface area contributed by atoms with Crippen LogP contribution in [-0.4, -0.2) is 8.07 Å². The summed E-state index contributed by atoms with van der Waals surface area (Å²) >= 11 is 0. The highest BCUT2D eigenvalue weighted by Gasteiger charge is 2.06.